The van der Waals surface area contributed by atoms with Gasteiger partial charge in [0.1, 0.15) is 11.9 Å². The van der Waals surface area contributed by atoms with E-state index in [9.17, 15) is 9.18 Å². The highest BCUT2D eigenvalue weighted by atomic mass is 19.1. The molecule has 1 amide bonds. The normalized spacial score (nSPS) is 14.1. The van der Waals surface area contributed by atoms with Crippen LogP contribution in [0.3, 0.4) is 0 Å². The summed E-state index contributed by atoms with van der Waals surface area (Å²) in [6.45, 7) is 1.88. The Balaban J connectivity index is 2.66. The Hall–Kier alpha value is -1.46. The van der Waals surface area contributed by atoms with E-state index in [1.165, 1.54) is 19.2 Å². The molecular weight excluding hydrogens is 223 g/mol. The summed E-state index contributed by atoms with van der Waals surface area (Å²) in [5.74, 6) is -0.627. The molecule has 1 aromatic rings. The molecule has 0 aromatic heterocycles. The van der Waals surface area contributed by atoms with Crippen LogP contribution in [0.15, 0.2) is 24.3 Å². The van der Waals surface area contributed by atoms with Gasteiger partial charge in [-0.2, -0.15) is 0 Å². The second kappa shape index (κ2) is 6.32. The van der Waals surface area contributed by atoms with Crippen molar-refractivity contribution in [3.63, 3.8) is 0 Å². The van der Waals surface area contributed by atoms with E-state index in [-0.39, 0.29) is 24.3 Å². The van der Waals surface area contributed by atoms with E-state index in [0.717, 1.165) is 0 Å². The van der Waals surface area contributed by atoms with Gasteiger partial charge in [0.05, 0.1) is 6.04 Å². The molecule has 0 radical (unpaired) electrons. The molecule has 0 heterocycles. The van der Waals surface area contributed by atoms with E-state index in [2.05, 4.69) is 5.32 Å². The lowest BCUT2D eigenvalue weighted by molar-refractivity contribution is -0.131. The van der Waals surface area contributed by atoms with Crippen LogP contribution in [-0.4, -0.2) is 25.7 Å². The predicted octanol–water partition coefficient (Wildman–Crippen LogP) is 0.977. The molecule has 0 aliphatic carbocycles. The summed E-state index contributed by atoms with van der Waals surface area (Å²) in [4.78, 5) is 11.7. The molecule has 0 saturated carbocycles. The Morgan fingerprint density at radius 3 is 2.82 bits per heavy atom. The molecule has 3 N–H and O–H groups in total. The van der Waals surface area contributed by atoms with E-state index in [1.54, 1.807) is 19.1 Å². The number of hydrogen-bond acceptors (Lipinski definition) is 3. The maximum atomic E-state index is 13.0. The molecule has 1 aromatic carbocycles. The van der Waals surface area contributed by atoms with Crippen LogP contribution in [0.25, 0.3) is 0 Å². The number of amides is 1. The number of hydrogen-bond donors (Lipinski definition) is 2. The van der Waals surface area contributed by atoms with Gasteiger partial charge in [-0.15, -0.1) is 0 Å². The number of benzene rings is 1. The van der Waals surface area contributed by atoms with Crippen molar-refractivity contribution in [2.24, 2.45) is 5.73 Å². The van der Waals surface area contributed by atoms with E-state index in [1.807, 2.05) is 0 Å². The van der Waals surface area contributed by atoms with Gasteiger partial charge in [0.25, 0.3) is 5.91 Å². The first-order valence-electron chi connectivity index (χ1n) is 5.37. The standard InChI is InChI=1S/C12H17FN2O2/c1-8(9-4-3-5-10(13)6-9)15-12(16)11(7-14)17-2/h3-6,8,11H,7,14H2,1-2H3,(H,15,16)/t8-,11?/m0/s1. The van der Waals surface area contributed by atoms with E-state index >= 15 is 0 Å². The summed E-state index contributed by atoms with van der Waals surface area (Å²) in [7, 11) is 1.42. The summed E-state index contributed by atoms with van der Waals surface area (Å²) in [5, 5.41) is 2.71. The average molecular weight is 240 g/mol. The van der Waals surface area contributed by atoms with Crippen molar-refractivity contribution in [3.8, 4) is 0 Å². The molecule has 1 rings (SSSR count). The highest BCUT2D eigenvalue weighted by Gasteiger charge is 2.18. The number of methoxy groups -OCH3 is 1. The van der Waals surface area contributed by atoms with Crippen LogP contribution in [0.1, 0.15) is 18.5 Å². The summed E-state index contributed by atoms with van der Waals surface area (Å²) < 4.78 is 17.9. The highest BCUT2D eigenvalue weighted by molar-refractivity contribution is 5.81. The zero-order valence-electron chi connectivity index (χ0n) is 9.94. The van der Waals surface area contributed by atoms with Gasteiger partial charge in [0, 0.05) is 13.7 Å². The molecule has 5 heteroatoms. The molecule has 17 heavy (non-hydrogen) atoms. The zero-order chi connectivity index (χ0) is 12.8. The Morgan fingerprint density at radius 1 is 1.59 bits per heavy atom. The van der Waals surface area contributed by atoms with Crippen molar-refractivity contribution in [3.05, 3.63) is 35.6 Å². The SMILES string of the molecule is COC(CN)C(=O)N[C@@H](C)c1cccc(F)c1. The van der Waals surface area contributed by atoms with Crippen LogP contribution in [0.4, 0.5) is 4.39 Å². The third kappa shape index (κ3) is 3.80. The fourth-order valence-electron chi connectivity index (χ4n) is 1.48. The first-order chi connectivity index (χ1) is 8.08. The Kier molecular flexibility index (Phi) is 5.06. The van der Waals surface area contributed by atoms with Gasteiger partial charge >= 0.3 is 0 Å². The second-order valence-electron chi connectivity index (χ2n) is 3.75. The largest absolute Gasteiger partial charge is 0.370 e. The van der Waals surface area contributed by atoms with Crippen molar-refractivity contribution >= 4 is 5.91 Å². The van der Waals surface area contributed by atoms with E-state index in [4.69, 9.17) is 10.5 Å². The minimum atomic E-state index is -0.675. The van der Waals surface area contributed by atoms with Gasteiger partial charge in [-0.05, 0) is 24.6 Å². The summed E-state index contributed by atoms with van der Waals surface area (Å²) in [6.07, 6.45) is -0.675. The van der Waals surface area contributed by atoms with Crippen molar-refractivity contribution in [2.75, 3.05) is 13.7 Å². The molecule has 1 unspecified atom stereocenters. The van der Waals surface area contributed by atoms with Gasteiger partial charge in [0.15, 0.2) is 0 Å². The van der Waals surface area contributed by atoms with Crippen LogP contribution in [0, 0.1) is 5.82 Å². The third-order valence-electron chi connectivity index (χ3n) is 2.50. The summed E-state index contributed by atoms with van der Waals surface area (Å²) in [5.41, 5.74) is 6.08. The lowest BCUT2D eigenvalue weighted by Crippen LogP contribution is -2.41. The van der Waals surface area contributed by atoms with Crippen LogP contribution in [-0.2, 0) is 9.53 Å². The zero-order valence-corrected chi connectivity index (χ0v) is 9.94. The molecule has 0 aliphatic heterocycles. The van der Waals surface area contributed by atoms with Crippen LogP contribution < -0.4 is 11.1 Å². The first kappa shape index (κ1) is 13.6. The Labute approximate surface area is 100.0 Å². The molecule has 0 saturated heterocycles. The van der Waals surface area contributed by atoms with Gasteiger partial charge in [-0.1, -0.05) is 12.1 Å². The number of carbonyl (C=O) groups is 1. The Bertz CT molecular complexity index is 381. The molecule has 0 spiro atoms. The number of nitrogens with one attached hydrogen (secondary N) is 1. The van der Waals surface area contributed by atoms with E-state index in [0.29, 0.717) is 5.56 Å². The third-order valence-corrected chi connectivity index (χ3v) is 2.50. The van der Waals surface area contributed by atoms with Crippen molar-refractivity contribution in [2.45, 2.75) is 19.1 Å². The molecule has 0 bridgehead atoms. The minimum absolute atomic E-state index is 0.109. The molecular formula is C12H17FN2O2. The monoisotopic (exact) mass is 240 g/mol. The smallest absolute Gasteiger partial charge is 0.250 e. The van der Waals surface area contributed by atoms with Gasteiger partial charge in [-0.3, -0.25) is 4.79 Å². The Morgan fingerprint density at radius 2 is 2.29 bits per heavy atom. The number of carbonyl (C=O) groups excluding carboxylic acids is 1. The predicted molar refractivity (Wildman–Crippen MR) is 62.8 cm³/mol. The molecule has 2 atom stereocenters. The van der Waals surface area contributed by atoms with Crippen LogP contribution in [0.5, 0.6) is 0 Å². The molecule has 4 nitrogen and oxygen atoms in total. The minimum Gasteiger partial charge on any atom is -0.370 e. The number of ether oxygens (including phenoxy) is 1. The van der Waals surface area contributed by atoms with Gasteiger partial charge in [0.2, 0.25) is 0 Å². The fourth-order valence-corrected chi connectivity index (χ4v) is 1.48. The number of halogens is 1. The maximum absolute atomic E-state index is 13.0. The van der Waals surface area contributed by atoms with Gasteiger partial charge in [-0.25, -0.2) is 4.39 Å². The first-order valence-corrected chi connectivity index (χ1v) is 5.37. The van der Waals surface area contributed by atoms with Gasteiger partial charge < -0.3 is 15.8 Å². The van der Waals surface area contributed by atoms with Crippen molar-refractivity contribution < 1.29 is 13.9 Å². The van der Waals surface area contributed by atoms with Crippen LogP contribution >= 0.6 is 0 Å². The topological polar surface area (TPSA) is 64.3 Å². The van der Waals surface area contributed by atoms with Crippen LogP contribution in [0.2, 0.25) is 0 Å². The summed E-state index contributed by atoms with van der Waals surface area (Å²) >= 11 is 0. The lowest BCUT2D eigenvalue weighted by atomic mass is 10.1. The molecule has 0 fully saturated rings. The highest BCUT2D eigenvalue weighted by Crippen LogP contribution is 2.13. The van der Waals surface area contributed by atoms with E-state index < -0.39 is 6.10 Å². The number of nitrogens with two attached hydrogens (primary N) is 1. The molecule has 94 valence electrons. The second-order valence-corrected chi connectivity index (χ2v) is 3.75. The quantitative estimate of drug-likeness (QED) is 0.806. The van der Waals surface area contributed by atoms with Crippen molar-refractivity contribution in [1.29, 1.82) is 0 Å². The van der Waals surface area contributed by atoms with Crippen molar-refractivity contribution in [1.82, 2.24) is 5.32 Å². The number of rotatable bonds is 5. The lowest BCUT2D eigenvalue weighted by Gasteiger charge is -2.18. The summed E-state index contributed by atoms with van der Waals surface area (Å²) in [6, 6.07) is 5.80. The molecule has 0 aliphatic rings. The fraction of sp³-hybridized carbons (Fsp3) is 0.417. The maximum Gasteiger partial charge on any atom is 0.250 e. The average Bonchev–Trinajstić information content (AvgIpc) is 2.30.